The molecule has 100 valence electrons. The van der Waals surface area contributed by atoms with Crippen LogP contribution in [0.3, 0.4) is 0 Å². The van der Waals surface area contributed by atoms with E-state index >= 15 is 0 Å². The summed E-state index contributed by atoms with van der Waals surface area (Å²) in [7, 11) is 0. The Hall–Kier alpha value is -1.56. The average molecular weight is 274 g/mol. The topological polar surface area (TPSA) is 73.2 Å². The van der Waals surface area contributed by atoms with Crippen LogP contribution in [0.25, 0.3) is 0 Å². The zero-order valence-corrected chi connectivity index (χ0v) is 11.3. The number of aromatic nitrogens is 2. The maximum absolute atomic E-state index is 11.7. The first kappa shape index (κ1) is 14.5. The van der Waals surface area contributed by atoms with Gasteiger partial charge in [0.05, 0.1) is 18.5 Å². The molecule has 0 aromatic carbocycles. The molecule has 6 nitrogen and oxygen atoms in total. The van der Waals surface area contributed by atoms with Gasteiger partial charge in [0.2, 0.25) is 0 Å². The molecule has 7 heteroatoms. The number of aryl methyl sites for hydroxylation is 1. The standard InChI is InChI=1S/C11H16ClN3O3/c1-4-15-10(16)9(12)8(6-13-15)14-7(3)11(17)18-5-2/h6-7,14H,4-5H2,1-3H3. The second kappa shape index (κ2) is 6.39. The van der Waals surface area contributed by atoms with Gasteiger partial charge in [-0.1, -0.05) is 11.6 Å². The summed E-state index contributed by atoms with van der Waals surface area (Å²) in [6.07, 6.45) is 1.42. The fourth-order valence-corrected chi connectivity index (χ4v) is 1.55. The SMILES string of the molecule is CCOC(=O)C(C)Nc1cnn(CC)c(=O)c1Cl. The van der Waals surface area contributed by atoms with E-state index in [9.17, 15) is 9.59 Å². The zero-order chi connectivity index (χ0) is 13.7. The summed E-state index contributed by atoms with van der Waals surface area (Å²) in [6, 6.07) is -0.596. The quantitative estimate of drug-likeness (QED) is 0.818. The molecule has 1 N–H and O–H groups in total. The summed E-state index contributed by atoms with van der Waals surface area (Å²) in [5.41, 5.74) is -0.0628. The lowest BCUT2D eigenvalue weighted by atomic mass is 10.3. The van der Waals surface area contributed by atoms with E-state index in [1.165, 1.54) is 10.9 Å². The van der Waals surface area contributed by atoms with Crippen molar-refractivity contribution in [1.29, 1.82) is 0 Å². The fourth-order valence-electron chi connectivity index (χ4n) is 1.35. The minimum Gasteiger partial charge on any atom is -0.464 e. The van der Waals surface area contributed by atoms with Crippen LogP contribution in [-0.2, 0) is 16.1 Å². The molecule has 0 spiro atoms. The molecule has 0 bridgehead atoms. The Morgan fingerprint density at radius 2 is 2.28 bits per heavy atom. The van der Waals surface area contributed by atoms with Gasteiger partial charge >= 0.3 is 5.97 Å². The number of rotatable bonds is 5. The van der Waals surface area contributed by atoms with Crippen LogP contribution in [0.15, 0.2) is 11.0 Å². The second-order valence-corrected chi connectivity index (χ2v) is 3.99. The van der Waals surface area contributed by atoms with Gasteiger partial charge in [0.25, 0.3) is 5.56 Å². The Morgan fingerprint density at radius 3 is 2.83 bits per heavy atom. The van der Waals surface area contributed by atoms with E-state index in [1.54, 1.807) is 20.8 Å². The lowest BCUT2D eigenvalue weighted by molar-refractivity contribution is -0.143. The number of carbonyl (C=O) groups excluding carboxylic acids is 1. The molecule has 0 aliphatic carbocycles. The third-order valence-electron chi connectivity index (χ3n) is 2.30. The molecule has 0 saturated heterocycles. The van der Waals surface area contributed by atoms with E-state index in [-0.39, 0.29) is 10.6 Å². The summed E-state index contributed by atoms with van der Waals surface area (Å²) >= 11 is 5.92. The summed E-state index contributed by atoms with van der Waals surface area (Å²) < 4.78 is 6.08. The smallest absolute Gasteiger partial charge is 0.328 e. The molecular formula is C11H16ClN3O3. The van der Waals surface area contributed by atoms with Gasteiger partial charge in [-0.25, -0.2) is 9.48 Å². The molecular weight excluding hydrogens is 258 g/mol. The van der Waals surface area contributed by atoms with Crippen molar-refractivity contribution in [2.75, 3.05) is 11.9 Å². The molecule has 1 heterocycles. The number of nitrogens with one attached hydrogen (secondary N) is 1. The summed E-state index contributed by atoms with van der Waals surface area (Å²) in [5.74, 6) is -0.409. The van der Waals surface area contributed by atoms with Crippen molar-refractivity contribution >= 4 is 23.3 Å². The predicted octanol–water partition coefficient (Wildman–Crippen LogP) is 1.28. The predicted molar refractivity (Wildman–Crippen MR) is 68.9 cm³/mol. The lowest BCUT2D eigenvalue weighted by Crippen LogP contribution is -2.30. The first-order valence-corrected chi connectivity index (χ1v) is 6.07. The number of nitrogens with zero attached hydrogens (tertiary/aromatic N) is 2. The molecule has 1 aromatic heterocycles. The van der Waals surface area contributed by atoms with Crippen molar-refractivity contribution in [2.24, 2.45) is 0 Å². The number of anilines is 1. The Balaban J connectivity index is 2.89. The number of halogens is 1. The van der Waals surface area contributed by atoms with E-state index in [1.807, 2.05) is 0 Å². The van der Waals surface area contributed by atoms with Gasteiger partial charge in [-0.05, 0) is 20.8 Å². The normalized spacial score (nSPS) is 12.0. The Bertz CT molecular complexity index is 487. The van der Waals surface area contributed by atoms with Crippen molar-refractivity contribution in [3.05, 3.63) is 21.6 Å². The van der Waals surface area contributed by atoms with Crippen LogP contribution in [0.5, 0.6) is 0 Å². The Morgan fingerprint density at radius 1 is 1.61 bits per heavy atom. The number of carbonyl (C=O) groups is 1. The largest absolute Gasteiger partial charge is 0.464 e. The van der Waals surface area contributed by atoms with E-state index in [2.05, 4.69) is 10.4 Å². The number of hydrogen-bond acceptors (Lipinski definition) is 5. The van der Waals surface area contributed by atoms with Crippen molar-refractivity contribution < 1.29 is 9.53 Å². The van der Waals surface area contributed by atoms with Crippen molar-refractivity contribution in [3.63, 3.8) is 0 Å². The van der Waals surface area contributed by atoms with Crippen LogP contribution in [0.1, 0.15) is 20.8 Å². The van der Waals surface area contributed by atoms with Gasteiger partial charge in [-0.2, -0.15) is 5.10 Å². The lowest BCUT2D eigenvalue weighted by Gasteiger charge is -2.14. The van der Waals surface area contributed by atoms with Gasteiger partial charge in [0, 0.05) is 6.54 Å². The first-order chi connectivity index (χ1) is 8.51. The van der Waals surface area contributed by atoms with E-state index in [0.717, 1.165) is 0 Å². The zero-order valence-electron chi connectivity index (χ0n) is 10.6. The molecule has 0 radical (unpaired) electrons. The van der Waals surface area contributed by atoms with E-state index in [0.29, 0.717) is 18.8 Å². The fraction of sp³-hybridized carbons (Fsp3) is 0.545. The summed E-state index contributed by atoms with van der Waals surface area (Å²) in [5, 5.41) is 6.74. The highest BCUT2D eigenvalue weighted by atomic mass is 35.5. The van der Waals surface area contributed by atoms with Crippen molar-refractivity contribution in [2.45, 2.75) is 33.4 Å². The highest BCUT2D eigenvalue weighted by molar-refractivity contribution is 6.33. The number of ether oxygens (including phenoxy) is 1. The Labute approximate surface area is 110 Å². The summed E-state index contributed by atoms with van der Waals surface area (Å²) in [4.78, 5) is 23.1. The third-order valence-corrected chi connectivity index (χ3v) is 2.66. The highest BCUT2D eigenvalue weighted by Gasteiger charge is 2.16. The minimum absolute atomic E-state index is 0.0167. The van der Waals surface area contributed by atoms with Crippen molar-refractivity contribution in [3.8, 4) is 0 Å². The second-order valence-electron chi connectivity index (χ2n) is 3.61. The van der Waals surface area contributed by atoms with Gasteiger partial charge < -0.3 is 10.1 Å². The average Bonchev–Trinajstić information content (AvgIpc) is 2.35. The van der Waals surface area contributed by atoms with E-state index < -0.39 is 12.0 Å². The maximum atomic E-state index is 11.7. The van der Waals surface area contributed by atoms with E-state index in [4.69, 9.17) is 16.3 Å². The molecule has 0 saturated carbocycles. The molecule has 0 aliphatic rings. The maximum Gasteiger partial charge on any atom is 0.328 e. The van der Waals surface area contributed by atoms with Crippen LogP contribution < -0.4 is 10.9 Å². The molecule has 0 aliphatic heterocycles. The molecule has 0 amide bonds. The minimum atomic E-state index is -0.596. The number of hydrogen-bond donors (Lipinski definition) is 1. The van der Waals surface area contributed by atoms with Crippen molar-refractivity contribution in [1.82, 2.24) is 9.78 Å². The van der Waals surface area contributed by atoms with Crippen LogP contribution in [-0.4, -0.2) is 28.4 Å². The van der Waals surface area contributed by atoms with Gasteiger partial charge in [0.1, 0.15) is 11.1 Å². The first-order valence-electron chi connectivity index (χ1n) is 5.70. The molecule has 1 unspecified atom stereocenters. The van der Waals surface area contributed by atoms with Crippen LogP contribution in [0.2, 0.25) is 5.02 Å². The van der Waals surface area contributed by atoms with Gasteiger partial charge in [0.15, 0.2) is 0 Å². The van der Waals surface area contributed by atoms with Crippen LogP contribution in [0, 0.1) is 0 Å². The molecule has 1 aromatic rings. The number of esters is 1. The molecule has 1 rings (SSSR count). The van der Waals surface area contributed by atoms with Crippen LogP contribution >= 0.6 is 11.6 Å². The molecule has 1 atom stereocenters. The summed E-state index contributed by atoms with van der Waals surface area (Å²) in [6.45, 7) is 5.88. The van der Waals surface area contributed by atoms with Gasteiger partial charge in [-0.15, -0.1) is 0 Å². The Kier molecular flexibility index (Phi) is 5.15. The monoisotopic (exact) mass is 273 g/mol. The van der Waals surface area contributed by atoms with Gasteiger partial charge in [-0.3, -0.25) is 4.79 Å². The third kappa shape index (κ3) is 3.22. The molecule has 18 heavy (non-hydrogen) atoms. The van der Waals surface area contributed by atoms with Crippen LogP contribution in [0.4, 0.5) is 5.69 Å². The highest BCUT2D eigenvalue weighted by Crippen LogP contribution is 2.16. The molecule has 0 fully saturated rings.